The summed E-state index contributed by atoms with van der Waals surface area (Å²) in [6, 6.07) is 3.41. The summed E-state index contributed by atoms with van der Waals surface area (Å²) >= 11 is 0. The maximum absolute atomic E-state index is 9.98. The zero-order valence-electron chi connectivity index (χ0n) is 8.61. The van der Waals surface area contributed by atoms with Crippen LogP contribution < -0.4 is 15.2 Å². The molecule has 0 unspecified atom stereocenters. The molecule has 0 bridgehead atoms. The zero-order chi connectivity index (χ0) is 11.3. The van der Waals surface area contributed by atoms with Gasteiger partial charge >= 0.3 is 0 Å². The molecular formula is C10H12N2O3. The number of rotatable bonds is 4. The summed E-state index contributed by atoms with van der Waals surface area (Å²) in [4.78, 5) is 13.4. The SMILES string of the molecule is COc1cc(CN=C=O)cc(OC)c1N. The van der Waals surface area contributed by atoms with E-state index in [1.165, 1.54) is 20.3 Å². The Morgan fingerprint density at radius 3 is 2.27 bits per heavy atom. The highest BCUT2D eigenvalue weighted by molar-refractivity contribution is 5.64. The molecule has 0 saturated carbocycles. The second-order valence-corrected chi connectivity index (χ2v) is 2.82. The lowest BCUT2D eigenvalue weighted by atomic mass is 10.1. The van der Waals surface area contributed by atoms with Crippen LogP contribution in [-0.2, 0) is 11.3 Å². The number of nitrogens with two attached hydrogens (primary N) is 1. The van der Waals surface area contributed by atoms with E-state index in [0.717, 1.165) is 5.56 Å². The molecule has 80 valence electrons. The van der Waals surface area contributed by atoms with Gasteiger partial charge in [0.25, 0.3) is 0 Å². The lowest BCUT2D eigenvalue weighted by Gasteiger charge is -2.10. The van der Waals surface area contributed by atoms with Crippen LogP contribution in [0.5, 0.6) is 11.5 Å². The van der Waals surface area contributed by atoms with Gasteiger partial charge in [-0.2, -0.15) is 0 Å². The Morgan fingerprint density at radius 2 is 1.87 bits per heavy atom. The Bertz CT molecular complexity index is 373. The Labute approximate surface area is 87.5 Å². The zero-order valence-corrected chi connectivity index (χ0v) is 8.61. The molecule has 0 aliphatic rings. The number of benzene rings is 1. The van der Waals surface area contributed by atoms with E-state index in [9.17, 15) is 4.79 Å². The number of hydrogen-bond donors (Lipinski definition) is 1. The topological polar surface area (TPSA) is 73.9 Å². The van der Waals surface area contributed by atoms with Gasteiger partial charge in [0, 0.05) is 0 Å². The predicted octanol–water partition coefficient (Wildman–Crippen LogP) is 1.12. The fraction of sp³-hybridized carbons (Fsp3) is 0.300. The van der Waals surface area contributed by atoms with Crippen LogP contribution in [0.15, 0.2) is 17.1 Å². The Balaban J connectivity index is 3.14. The fourth-order valence-corrected chi connectivity index (χ4v) is 1.21. The molecule has 0 radical (unpaired) electrons. The molecule has 0 aliphatic carbocycles. The number of nitrogen functional groups attached to an aromatic ring is 1. The molecule has 0 spiro atoms. The van der Waals surface area contributed by atoms with Gasteiger partial charge in [-0.1, -0.05) is 0 Å². The molecule has 0 heterocycles. The maximum atomic E-state index is 9.98. The van der Waals surface area contributed by atoms with Crippen LogP contribution in [0, 0.1) is 0 Å². The summed E-state index contributed by atoms with van der Waals surface area (Å²) in [6.45, 7) is 0.233. The number of aliphatic imine (C=N–C) groups is 1. The largest absolute Gasteiger partial charge is 0.494 e. The van der Waals surface area contributed by atoms with Gasteiger partial charge in [-0.25, -0.2) is 9.79 Å². The second kappa shape index (κ2) is 5.02. The monoisotopic (exact) mass is 208 g/mol. The van der Waals surface area contributed by atoms with Crippen LogP contribution in [0.4, 0.5) is 5.69 Å². The lowest BCUT2D eigenvalue weighted by Crippen LogP contribution is -1.98. The van der Waals surface area contributed by atoms with Gasteiger partial charge in [0.2, 0.25) is 6.08 Å². The van der Waals surface area contributed by atoms with Gasteiger partial charge in [0.05, 0.1) is 20.8 Å². The second-order valence-electron chi connectivity index (χ2n) is 2.82. The third-order valence-electron chi connectivity index (χ3n) is 1.93. The molecule has 1 aromatic carbocycles. The average molecular weight is 208 g/mol. The van der Waals surface area contributed by atoms with Crippen molar-refractivity contribution in [2.45, 2.75) is 6.54 Å². The summed E-state index contributed by atoms with van der Waals surface area (Å²) in [5.41, 5.74) is 6.95. The van der Waals surface area contributed by atoms with E-state index >= 15 is 0 Å². The van der Waals surface area contributed by atoms with Crippen molar-refractivity contribution in [3.05, 3.63) is 17.7 Å². The van der Waals surface area contributed by atoms with E-state index in [1.54, 1.807) is 12.1 Å². The van der Waals surface area contributed by atoms with E-state index in [1.807, 2.05) is 0 Å². The number of carbonyl (C=O) groups excluding carboxylic acids is 1. The summed E-state index contributed by atoms with van der Waals surface area (Å²) in [7, 11) is 3.02. The minimum absolute atomic E-state index is 0.233. The van der Waals surface area contributed by atoms with Crippen molar-refractivity contribution < 1.29 is 14.3 Å². The summed E-state index contributed by atoms with van der Waals surface area (Å²) in [5.74, 6) is 1.01. The van der Waals surface area contributed by atoms with Crippen LogP contribution >= 0.6 is 0 Å². The van der Waals surface area contributed by atoms with Gasteiger partial charge in [0.1, 0.15) is 17.2 Å². The van der Waals surface area contributed by atoms with Crippen molar-refractivity contribution in [3.63, 3.8) is 0 Å². The molecule has 0 atom stereocenters. The number of methoxy groups -OCH3 is 2. The third-order valence-corrected chi connectivity index (χ3v) is 1.93. The van der Waals surface area contributed by atoms with Gasteiger partial charge < -0.3 is 15.2 Å². The highest BCUT2D eigenvalue weighted by Gasteiger charge is 2.08. The van der Waals surface area contributed by atoms with E-state index in [4.69, 9.17) is 15.2 Å². The van der Waals surface area contributed by atoms with Crippen molar-refractivity contribution in [3.8, 4) is 11.5 Å². The van der Waals surface area contributed by atoms with Crippen LogP contribution in [0.3, 0.4) is 0 Å². The van der Waals surface area contributed by atoms with Crippen molar-refractivity contribution in [2.24, 2.45) is 4.99 Å². The molecule has 2 N–H and O–H groups in total. The predicted molar refractivity (Wildman–Crippen MR) is 55.8 cm³/mol. The van der Waals surface area contributed by atoms with Crippen molar-refractivity contribution in [1.82, 2.24) is 0 Å². The molecule has 0 saturated heterocycles. The van der Waals surface area contributed by atoms with Gasteiger partial charge in [0.15, 0.2) is 0 Å². The first-order valence-corrected chi connectivity index (χ1v) is 4.27. The van der Waals surface area contributed by atoms with Gasteiger partial charge in [-0.15, -0.1) is 0 Å². The van der Waals surface area contributed by atoms with Gasteiger partial charge in [-0.3, -0.25) is 0 Å². The molecule has 0 aromatic heterocycles. The summed E-state index contributed by atoms with van der Waals surface area (Å²) in [5, 5.41) is 0. The first-order chi connectivity index (χ1) is 7.22. The molecule has 5 nitrogen and oxygen atoms in total. The molecular weight excluding hydrogens is 196 g/mol. The highest BCUT2D eigenvalue weighted by Crippen LogP contribution is 2.33. The standard InChI is InChI=1S/C10H12N2O3/c1-14-8-3-7(5-12-6-13)4-9(15-2)10(8)11/h3-4H,5,11H2,1-2H3. The lowest BCUT2D eigenvalue weighted by molar-refractivity contribution is 0.397. The Morgan fingerprint density at radius 1 is 1.33 bits per heavy atom. The van der Waals surface area contributed by atoms with E-state index in [0.29, 0.717) is 17.2 Å². The first kappa shape index (κ1) is 11.1. The van der Waals surface area contributed by atoms with E-state index in [-0.39, 0.29) is 6.54 Å². The average Bonchev–Trinajstić information content (AvgIpc) is 2.27. The van der Waals surface area contributed by atoms with Crippen LogP contribution in [0.1, 0.15) is 5.56 Å². The van der Waals surface area contributed by atoms with E-state index < -0.39 is 0 Å². The fourth-order valence-electron chi connectivity index (χ4n) is 1.21. The first-order valence-electron chi connectivity index (χ1n) is 4.27. The van der Waals surface area contributed by atoms with Crippen LogP contribution in [0.2, 0.25) is 0 Å². The molecule has 5 heteroatoms. The number of anilines is 1. The van der Waals surface area contributed by atoms with Crippen molar-refractivity contribution >= 4 is 11.8 Å². The quantitative estimate of drug-likeness (QED) is 0.457. The number of nitrogens with zero attached hydrogens (tertiary/aromatic N) is 1. The van der Waals surface area contributed by atoms with Gasteiger partial charge in [-0.05, 0) is 17.7 Å². The summed E-state index contributed by atoms with van der Waals surface area (Å²) in [6.07, 6.45) is 1.47. The molecule has 1 aromatic rings. The van der Waals surface area contributed by atoms with Crippen LogP contribution in [-0.4, -0.2) is 20.3 Å². The van der Waals surface area contributed by atoms with Crippen LogP contribution in [0.25, 0.3) is 0 Å². The van der Waals surface area contributed by atoms with Crippen molar-refractivity contribution in [2.75, 3.05) is 20.0 Å². The minimum Gasteiger partial charge on any atom is -0.494 e. The third kappa shape index (κ3) is 2.48. The molecule has 15 heavy (non-hydrogen) atoms. The smallest absolute Gasteiger partial charge is 0.235 e. The van der Waals surface area contributed by atoms with Crippen molar-refractivity contribution in [1.29, 1.82) is 0 Å². The highest BCUT2D eigenvalue weighted by atomic mass is 16.5. The molecule has 0 amide bonds. The Kier molecular flexibility index (Phi) is 3.71. The number of hydrogen-bond acceptors (Lipinski definition) is 5. The molecule has 0 aliphatic heterocycles. The molecule has 0 fully saturated rings. The summed E-state index contributed by atoms with van der Waals surface area (Å²) < 4.78 is 10.1. The normalized spacial score (nSPS) is 9.20. The number of ether oxygens (including phenoxy) is 2. The molecule has 1 rings (SSSR count). The maximum Gasteiger partial charge on any atom is 0.235 e. The minimum atomic E-state index is 0.233. The Hall–Kier alpha value is -2.00. The van der Waals surface area contributed by atoms with E-state index in [2.05, 4.69) is 4.99 Å². The number of isocyanates is 1.